The van der Waals surface area contributed by atoms with Crippen molar-refractivity contribution < 1.29 is 4.42 Å². The first-order valence-electron chi connectivity index (χ1n) is 5.18. The van der Waals surface area contributed by atoms with Gasteiger partial charge in [0, 0.05) is 5.56 Å². The molecule has 78 valence electrons. The van der Waals surface area contributed by atoms with Gasteiger partial charge in [0.2, 0.25) is 0 Å². The Morgan fingerprint density at radius 2 is 2.07 bits per heavy atom. The fourth-order valence-corrected chi connectivity index (χ4v) is 1.84. The van der Waals surface area contributed by atoms with Gasteiger partial charge in [0.15, 0.2) is 12.2 Å². The molecule has 0 fully saturated rings. The number of aryl methyl sites for hydroxylation is 1. The van der Waals surface area contributed by atoms with E-state index in [-0.39, 0.29) is 0 Å². The molecule has 2 heteroatoms. The molecule has 0 aliphatic rings. The smallest absolute Gasteiger partial charge is 0.181 e. The summed E-state index contributed by atoms with van der Waals surface area (Å²) in [6.07, 6.45) is 3.20. The van der Waals surface area contributed by atoms with Crippen molar-refractivity contribution in [1.29, 1.82) is 0 Å². The number of benzene rings is 1. The second kappa shape index (κ2) is 3.89. The van der Waals surface area contributed by atoms with Gasteiger partial charge in [-0.05, 0) is 30.0 Å². The zero-order valence-electron chi connectivity index (χ0n) is 9.32. The molecular formula is C13H15NO. The molecule has 0 N–H and O–H groups in total. The normalized spacial score (nSPS) is 10.9. The number of aromatic nitrogens is 1. The van der Waals surface area contributed by atoms with Gasteiger partial charge in [-0.3, -0.25) is 0 Å². The zero-order chi connectivity index (χ0) is 10.8. The van der Waals surface area contributed by atoms with Gasteiger partial charge in [-0.2, -0.15) is 0 Å². The van der Waals surface area contributed by atoms with Crippen molar-refractivity contribution in [2.75, 3.05) is 0 Å². The first-order valence-corrected chi connectivity index (χ1v) is 5.18. The lowest BCUT2D eigenvalue weighted by molar-refractivity contribution is 0.572. The summed E-state index contributed by atoms with van der Waals surface area (Å²) in [6.45, 7) is 6.54. The quantitative estimate of drug-likeness (QED) is 0.739. The van der Waals surface area contributed by atoms with Gasteiger partial charge in [-0.25, -0.2) is 4.98 Å². The predicted octanol–water partition coefficient (Wildman–Crippen LogP) is 3.77. The van der Waals surface area contributed by atoms with E-state index in [1.807, 2.05) is 0 Å². The molecule has 0 spiro atoms. The van der Waals surface area contributed by atoms with Crippen LogP contribution in [0.4, 0.5) is 0 Å². The molecule has 0 saturated carbocycles. The van der Waals surface area contributed by atoms with Crippen molar-refractivity contribution in [1.82, 2.24) is 4.98 Å². The Morgan fingerprint density at radius 3 is 2.60 bits per heavy atom. The predicted molar refractivity (Wildman–Crippen MR) is 60.8 cm³/mol. The summed E-state index contributed by atoms with van der Waals surface area (Å²) in [5.41, 5.74) is 3.78. The van der Waals surface area contributed by atoms with Crippen LogP contribution >= 0.6 is 0 Å². The Morgan fingerprint density at radius 1 is 1.27 bits per heavy atom. The average Bonchev–Trinajstić information content (AvgIpc) is 2.69. The average molecular weight is 201 g/mol. The highest BCUT2D eigenvalue weighted by atomic mass is 16.3. The van der Waals surface area contributed by atoms with Crippen LogP contribution in [0.1, 0.15) is 30.9 Å². The fourth-order valence-electron chi connectivity index (χ4n) is 1.84. The molecule has 2 aromatic rings. The highest BCUT2D eigenvalue weighted by Crippen LogP contribution is 2.25. The standard InChI is InChI=1S/C13H15NO/c1-9(2)12-5-4-11(6-10(12)3)13-7-14-8-15-13/h4-9H,1-3H3. The van der Waals surface area contributed by atoms with E-state index >= 15 is 0 Å². The molecule has 0 aliphatic heterocycles. The molecule has 15 heavy (non-hydrogen) atoms. The molecule has 1 heterocycles. The minimum atomic E-state index is 0.564. The van der Waals surface area contributed by atoms with Crippen LogP contribution in [0.5, 0.6) is 0 Å². The summed E-state index contributed by atoms with van der Waals surface area (Å²) in [7, 11) is 0. The molecule has 0 unspecified atom stereocenters. The maximum Gasteiger partial charge on any atom is 0.181 e. The van der Waals surface area contributed by atoms with Crippen molar-refractivity contribution >= 4 is 0 Å². The van der Waals surface area contributed by atoms with Gasteiger partial charge in [0.05, 0.1) is 6.20 Å². The lowest BCUT2D eigenvalue weighted by Gasteiger charge is -2.10. The molecule has 2 nitrogen and oxygen atoms in total. The Balaban J connectivity index is 2.42. The first kappa shape index (κ1) is 9.97. The van der Waals surface area contributed by atoms with Gasteiger partial charge in [0.1, 0.15) is 0 Å². The van der Waals surface area contributed by atoms with Crippen LogP contribution in [0.3, 0.4) is 0 Å². The number of hydrogen-bond acceptors (Lipinski definition) is 2. The maximum absolute atomic E-state index is 5.26. The molecule has 1 aromatic carbocycles. The minimum absolute atomic E-state index is 0.564. The topological polar surface area (TPSA) is 26.0 Å². The maximum atomic E-state index is 5.26. The van der Waals surface area contributed by atoms with E-state index in [2.05, 4.69) is 44.0 Å². The third-order valence-corrected chi connectivity index (χ3v) is 2.61. The van der Waals surface area contributed by atoms with Gasteiger partial charge in [-0.1, -0.05) is 26.0 Å². The van der Waals surface area contributed by atoms with Crippen molar-refractivity contribution in [3.8, 4) is 11.3 Å². The first-order chi connectivity index (χ1) is 7.18. The van der Waals surface area contributed by atoms with E-state index < -0.39 is 0 Å². The molecule has 1 aromatic heterocycles. The Kier molecular flexibility index (Phi) is 2.58. The van der Waals surface area contributed by atoms with E-state index in [9.17, 15) is 0 Å². The molecule has 0 amide bonds. The van der Waals surface area contributed by atoms with Crippen LogP contribution < -0.4 is 0 Å². The number of rotatable bonds is 2. The highest BCUT2D eigenvalue weighted by Gasteiger charge is 2.06. The van der Waals surface area contributed by atoms with Crippen LogP contribution in [0.15, 0.2) is 35.2 Å². The Hall–Kier alpha value is -1.57. The van der Waals surface area contributed by atoms with Gasteiger partial charge in [0.25, 0.3) is 0 Å². The number of nitrogens with zero attached hydrogens (tertiary/aromatic N) is 1. The summed E-state index contributed by atoms with van der Waals surface area (Å²) in [4.78, 5) is 3.92. The second-order valence-corrected chi connectivity index (χ2v) is 4.09. The molecule has 2 rings (SSSR count). The minimum Gasteiger partial charge on any atom is -0.444 e. The van der Waals surface area contributed by atoms with E-state index in [1.165, 1.54) is 17.5 Å². The van der Waals surface area contributed by atoms with Crippen molar-refractivity contribution in [2.24, 2.45) is 0 Å². The van der Waals surface area contributed by atoms with E-state index in [0.29, 0.717) is 5.92 Å². The summed E-state index contributed by atoms with van der Waals surface area (Å²) < 4.78 is 5.26. The van der Waals surface area contributed by atoms with Crippen LogP contribution in [0, 0.1) is 6.92 Å². The lowest BCUT2D eigenvalue weighted by atomic mass is 9.96. The Bertz CT molecular complexity index is 444. The van der Waals surface area contributed by atoms with Crippen molar-refractivity contribution in [3.63, 3.8) is 0 Å². The zero-order valence-corrected chi connectivity index (χ0v) is 9.32. The van der Waals surface area contributed by atoms with Gasteiger partial charge < -0.3 is 4.42 Å². The van der Waals surface area contributed by atoms with E-state index in [0.717, 1.165) is 11.3 Å². The number of oxazole rings is 1. The van der Waals surface area contributed by atoms with Crippen LogP contribution in [0.25, 0.3) is 11.3 Å². The highest BCUT2D eigenvalue weighted by molar-refractivity contribution is 5.58. The summed E-state index contributed by atoms with van der Waals surface area (Å²) in [5.74, 6) is 1.39. The van der Waals surface area contributed by atoms with Crippen LogP contribution in [0.2, 0.25) is 0 Å². The largest absolute Gasteiger partial charge is 0.444 e. The third-order valence-electron chi connectivity index (χ3n) is 2.61. The van der Waals surface area contributed by atoms with Crippen molar-refractivity contribution in [2.45, 2.75) is 26.7 Å². The SMILES string of the molecule is Cc1cc(-c2cnco2)ccc1C(C)C. The second-order valence-electron chi connectivity index (χ2n) is 4.09. The summed E-state index contributed by atoms with van der Waals surface area (Å²) in [5, 5.41) is 0. The molecule has 0 saturated heterocycles. The van der Waals surface area contributed by atoms with E-state index in [4.69, 9.17) is 4.42 Å². The van der Waals surface area contributed by atoms with E-state index in [1.54, 1.807) is 6.20 Å². The summed E-state index contributed by atoms with van der Waals surface area (Å²) >= 11 is 0. The van der Waals surface area contributed by atoms with Gasteiger partial charge >= 0.3 is 0 Å². The molecular weight excluding hydrogens is 186 g/mol. The number of hydrogen-bond donors (Lipinski definition) is 0. The molecule has 0 aliphatic carbocycles. The molecule has 0 atom stereocenters. The summed E-state index contributed by atoms with van der Waals surface area (Å²) in [6, 6.07) is 6.40. The molecule has 0 bridgehead atoms. The van der Waals surface area contributed by atoms with Crippen LogP contribution in [-0.4, -0.2) is 4.98 Å². The van der Waals surface area contributed by atoms with Crippen LogP contribution in [-0.2, 0) is 0 Å². The lowest BCUT2D eigenvalue weighted by Crippen LogP contribution is -1.91. The van der Waals surface area contributed by atoms with Crippen molar-refractivity contribution in [3.05, 3.63) is 41.9 Å². The van der Waals surface area contributed by atoms with Gasteiger partial charge in [-0.15, -0.1) is 0 Å². The third kappa shape index (κ3) is 1.94. The molecule has 0 radical (unpaired) electrons. The monoisotopic (exact) mass is 201 g/mol. The Labute approximate surface area is 90.0 Å². The fraction of sp³-hybridized carbons (Fsp3) is 0.308.